The van der Waals surface area contributed by atoms with Gasteiger partial charge < -0.3 is 4.90 Å². The van der Waals surface area contributed by atoms with E-state index < -0.39 is 23.7 Å². The Kier molecular flexibility index (Phi) is 5.07. The minimum Gasteiger partial charge on any atom is -0.330 e. The van der Waals surface area contributed by atoms with E-state index in [0.29, 0.717) is 40.9 Å². The molecule has 31 heavy (non-hydrogen) atoms. The summed E-state index contributed by atoms with van der Waals surface area (Å²) in [6.45, 7) is 3.73. The number of hydrogen-bond acceptors (Lipinski definition) is 3. The Morgan fingerprint density at radius 3 is 2.55 bits per heavy atom. The molecular weight excluding hydrogens is 412 g/mol. The molecule has 0 saturated carbocycles. The van der Waals surface area contributed by atoms with Crippen LogP contribution in [-0.4, -0.2) is 32.1 Å². The molecule has 9 heteroatoms. The molecule has 1 aliphatic rings. The molecule has 1 aliphatic heterocycles. The summed E-state index contributed by atoms with van der Waals surface area (Å²) < 4.78 is 55.2. The highest BCUT2D eigenvalue weighted by Gasteiger charge is 2.39. The first-order valence-electron chi connectivity index (χ1n) is 9.74. The van der Waals surface area contributed by atoms with Crippen molar-refractivity contribution < 1.29 is 22.4 Å². The third kappa shape index (κ3) is 3.68. The standard InChI is InChI=1S/C22H20F4N4O/c1-12-9-19(27-10-18(12)23)13(2)30-8-7-15-14(5-4-6-16(15)21(30)31)17-11-29(3)28-20(17)22(24,25)26/h4-6,9-11,13H,7-8H2,1-3H3. The van der Waals surface area contributed by atoms with Gasteiger partial charge in [-0.15, -0.1) is 0 Å². The maximum atomic E-state index is 13.6. The van der Waals surface area contributed by atoms with Crippen molar-refractivity contribution in [1.82, 2.24) is 19.7 Å². The van der Waals surface area contributed by atoms with Gasteiger partial charge in [-0.2, -0.15) is 18.3 Å². The summed E-state index contributed by atoms with van der Waals surface area (Å²) in [5, 5.41) is 3.58. The zero-order valence-electron chi connectivity index (χ0n) is 17.2. The van der Waals surface area contributed by atoms with Gasteiger partial charge in [0.1, 0.15) is 5.82 Å². The summed E-state index contributed by atoms with van der Waals surface area (Å²) in [6, 6.07) is 5.97. The molecule has 1 atom stereocenters. The number of nitrogens with zero attached hydrogens (tertiary/aromatic N) is 4. The molecule has 1 amide bonds. The van der Waals surface area contributed by atoms with Crippen LogP contribution in [0.25, 0.3) is 11.1 Å². The Labute approximate surface area is 176 Å². The number of amides is 1. The van der Waals surface area contributed by atoms with Crippen LogP contribution in [0.5, 0.6) is 0 Å². The van der Waals surface area contributed by atoms with Gasteiger partial charge in [0.05, 0.1) is 17.9 Å². The average Bonchev–Trinajstić information content (AvgIpc) is 3.12. The van der Waals surface area contributed by atoms with E-state index >= 15 is 0 Å². The summed E-state index contributed by atoms with van der Waals surface area (Å²) in [4.78, 5) is 19.0. The van der Waals surface area contributed by atoms with E-state index in [9.17, 15) is 22.4 Å². The summed E-state index contributed by atoms with van der Waals surface area (Å²) in [5.41, 5.74) is 1.24. The number of fused-ring (bicyclic) bond motifs is 1. The van der Waals surface area contributed by atoms with Crippen LogP contribution in [-0.2, 0) is 19.6 Å². The normalized spacial score (nSPS) is 15.2. The average molecular weight is 432 g/mol. The highest BCUT2D eigenvalue weighted by molar-refractivity contribution is 5.99. The fourth-order valence-electron chi connectivity index (χ4n) is 4.01. The lowest BCUT2D eigenvalue weighted by atomic mass is 9.89. The Bertz CT molecular complexity index is 1170. The predicted octanol–water partition coefficient (Wildman–Crippen LogP) is 4.71. The summed E-state index contributed by atoms with van der Waals surface area (Å²) in [6.07, 6.45) is -1.77. The van der Waals surface area contributed by atoms with Crippen molar-refractivity contribution in [2.75, 3.05) is 6.54 Å². The van der Waals surface area contributed by atoms with Crippen LogP contribution in [0.15, 0.2) is 36.7 Å². The van der Waals surface area contributed by atoms with Gasteiger partial charge in [-0.3, -0.25) is 14.5 Å². The lowest BCUT2D eigenvalue weighted by molar-refractivity contribution is -0.140. The number of aryl methyl sites for hydroxylation is 2. The van der Waals surface area contributed by atoms with E-state index in [0.717, 1.165) is 10.9 Å². The van der Waals surface area contributed by atoms with Gasteiger partial charge in [0, 0.05) is 30.9 Å². The van der Waals surface area contributed by atoms with Gasteiger partial charge in [-0.05, 0) is 49.1 Å². The van der Waals surface area contributed by atoms with Crippen molar-refractivity contribution in [2.45, 2.75) is 32.5 Å². The lowest BCUT2D eigenvalue weighted by Crippen LogP contribution is -2.39. The van der Waals surface area contributed by atoms with E-state index in [1.807, 2.05) is 0 Å². The molecule has 0 bridgehead atoms. The van der Waals surface area contributed by atoms with Crippen molar-refractivity contribution in [3.05, 3.63) is 70.6 Å². The number of carbonyl (C=O) groups is 1. The molecule has 5 nitrogen and oxygen atoms in total. The predicted molar refractivity (Wildman–Crippen MR) is 106 cm³/mol. The van der Waals surface area contributed by atoms with Crippen LogP contribution in [0.4, 0.5) is 17.6 Å². The molecule has 0 spiro atoms. The van der Waals surface area contributed by atoms with Crippen molar-refractivity contribution in [2.24, 2.45) is 7.05 Å². The number of benzene rings is 1. The van der Waals surface area contributed by atoms with E-state index in [-0.39, 0.29) is 11.5 Å². The molecule has 2 aromatic heterocycles. The Balaban J connectivity index is 1.73. The fourth-order valence-corrected chi connectivity index (χ4v) is 4.01. The second kappa shape index (κ2) is 7.47. The second-order valence-electron chi connectivity index (χ2n) is 7.68. The molecule has 0 aliphatic carbocycles. The third-order valence-electron chi connectivity index (χ3n) is 5.62. The van der Waals surface area contributed by atoms with Crippen LogP contribution in [0.1, 0.15) is 45.8 Å². The van der Waals surface area contributed by atoms with Crippen LogP contribution in [0.3, 0.4) is 0 Å². The Morgan fingerprint density at radius 1 is 1.16 bits per heavy atom. The molecule has 0 saturated heterocycles. The smallest absolute Gasteiger partial charge is 0.330 e. The largest absolute Gasteiger partial charge is 0.435 e. The number of halogens is 4. The number of pyridine rings is 1. The Morgan fingerprint density at radius 2 is 1.87 bits per heavy atom. The van der Waals surface area contributed by atoms with Gasteiger partial charge in [0.25, 0.3) is 5.91 Å². The molecule has 0 N–H and O–H groups in total. The van der Waals surface area contributed by atoms with Crippen molar-refractivity contribution in [3.8, 4) is 11.1 Å². The zero-order chi connectivity index (χ0) is 22.5. The second-order valence-corrected chi connectivity index (χ2v) is 7.68. The number of aromatic nitrogens is 3. The monoisotopic (exact) mass is 432 g/mol. The molecule has 1 aromatic carbocycles. The lowest BCUT2D eigenvalue weighted by Gasteiger charge is -2.34. The Hall–Kier alpha value is -3.23. The quantitative estimate of drug-likeness (QED) is 0.564. The number of hydrogen-bond donors (Lipinski definition) is 0. The van der Waals surface area contributed by atoms with E-state index in [1.165, 1.54) is 13.2 Å². The van der Waals surface area contributed by atoms with Gasteiger partial charge >= 0.3 is 6.18 Å². The van der Waals surface area contributed by atoms with Crippen LogP contribution >= 0.6 is 0 Å². The van der Waals surface area contributed by atoms with Gasteiger partial charge in [-0.25, -0.2) is 4.39 Å². The first-order chi connectivity index (χ1) is 14.6. The van der Waals surface area contributed by atoms with E-state index in [1.54, 1.807) is 43.0 Å². The fraction of sp³-hybridized carbons (Fsp3) is 0.318. The van der Waals surface area contributed by atoms with Gasteiger partial charge in [-0.1, -0.05) is 12.1 Å². The summed E-state index contributed by atoms with van der Waals surface area (Å²) in [7, 11) is 1.43. The topological polar surface area (TPSA) is 51.0 Å². The summed E-state index contributed by atoms with van der Waals surface area (Å²) in [5.74, 6) is -0.718. The first-order valence-corrected chi connectivity index (χ1v) is 9.74. The highest BCUT2D eigenvalue weighted by Crippen LogP contribution is 2.39. The van der Waals surface area contributed by atoms with Crippen LogP contribution in [0, 0.1) is 12.7 Å². The SMILES string of the molecule is Cc1cc(C(C)N2CCc3c(cccc3-c3cn(C)nc3C(F)(F)F)C2=O)ncc1F. The minimum atomic E-state index is -4.61. The maximum absolute atomic E-state index is 13.6. The van der Waals surface area contributed by atoms with E-state index in [4.69, 9.17) is 0 Å². The molecule has 0 radical (unpaired) electrons. The van der Waals surface area contributed by atoms with Gasteiger partial charge in [0.15, 0.2) is 5.69 Å². The van der Waals surface area contributed by atoms with Crippen LogP contribution in [0.2, 0.25) is 0 Å². The number of alkyl halides is 3. The molecule has 1 unspecified atom stereocenters. The molecule has 3 aromatic rings. The molecule has 3 heterocycles. The minimum absolute atomic E-state index is 0.0445. The highest BCUT2D eigenvalue weighted by atomic mass is 19.4. The molecular formula is C22H20F4N4O. The van der Waals surface area contributed by atoms with Gasteiger partial charge in [0.2, 0.25) is 0 Å². The number of carbonyl (C=O) groups excluding carboxylic acids is 1. The molecule has 162 valence electrons. The zero-order valence-corrected chi connectivity index (χ0v) is 17.2. The van der Waals surface area contributed by atoms with E-state index in [2.05, 4.69) is 10.1 Å². The third-order valence-corrected chi connectivity index (χ3v) is 5.62. The van der Waals surface area contributed by atoms with Crippen LogP contribution < -0.4 is 0 Å². The van der Waals surface area contributed by atoms with Crippen molar-refractivity contribution in [3.63, 3.8) is 0 Å². The van der Waals surface area contributed by atoms with Crippen molar-refractivity contribution in [1.29, 1.82) is 0 Å². The number of rotatable bonds is 3. The summed E-state index contributed by atoms with van der Waals surface area (Å²) >= 11 is 0. The van der Waals surface area contributed by atoms with Crippen molar-refractivity contribution >= 4 is 5.91 Å². The molecule has 0 fully saturated rings. The molecule has 4 rings (SSSR count). The first kappa shape index (κ1) is 21.0. The maximum Gasteiger partial charge on any atom is 0.435 e.